The Morgan fingerprint density at radius 2 is 2.06 bits per heavy atom. The highest BCUT2D eigenvalue weighted by Crippen LogP contribution is 2.08. The highest BCUT2D eigenvalue weighted by Gasteiger charge is 2.19. The highest BCUT2D eigenvalue weighted by atomic mass is 16.5. The molecule has 1 fully saturated rings. The molecule has 104 valence electrons. The van der Waals surface area contributed by atoms with Crippen LogP contribution in [0.3, 0.4) is 0 Å². The second-order valence-corrected chi connectivity index (χ2v) is 4.69. The van der Waals surface area contributed by atoms with Crippen LogP contribution in [-0.4, -0.2) is 49.8 Å². The van der Waals surface area contributed by atoms with Crippen LogP contribution < -0.4 is 5.32 Å². The van der Waals surface area contributed by atoms with Crippen LogP contribution in [0.15, 0.2) is 0 Å². The van der Waals surface area contributed by atoms with Gasteiger partial charge in [-0.2, -0.15) is 0 Å². The zero-order valence-electron chi connectivity index (χ0n) is 12.5. The predicted molar refractivity (Wildman–Crippen MR) is 75.6 cm³/mol. The molecule has 0 aromatic rings. The van der Waals surface area contributed by atoms with Crippen molar-refractivity contribution in [3.8, 4) is 0 Å². The van der Waals surface area contributed by atoms with Crippen LogP contribution in [0.4, 0.5) is 0 Å². The second-order valence-electron chi connectivity index (χ2n) is 4.69. The lowest BCUT2D eigenvalue weighted by Crippen LogP contribution is -2.43. The lowest BCUT2D eigenvalue weighted by atomic mass is 10.2. The van der Waals surface area contributed by atoms with Crippen LogP contribution in [0.2, 0.25) is 0 Å². The van der Waals surface area contributed by atoms with Crippen LogP contribution in [0.25, 0.3) is 0 Å². The van der Waals surface area contributed by atoms with Crippen molar-refractivity contribution in [3.05, 3.63) is 0 Å². The third-order valence-electron chi connectivity index (χ3n) is 2.78. The van der Waals surface area contributed by atoms with Gasteiger partial charge < -0.3 is 10.1 Å². The number of nitrogens with one attached hydrogen (secondary N) is 1. The van der Waals surface area contributed by atoms with Crippen LogP contribution in [0.1, 0.15) is 47.5 Å². The molecule has 17 heavy (non-hydrogen) atoms. The molecule has 1 saturated heterocycles. The topological polar surface area (TPSA) is 24.5 Å². The van der Waals surface area contributed by atoms with Gasteiger partial charge in [-0.25, -0.2) is 0 Å². The maximum atomic E-state index is 5.75. The minimum absolute atomic E-state index is 0.441. The average Bonchev–Trinajstić information content (AvgIpc) is 2.32. The molecule has 1 rings (SSSR count). The smallest absolute Gasteiger partial charge is 0.0714 e. The van der Waals surface area contributed by atoms with Crippen molar-refractivity contribution in [1.82, 2.24) is 10.2 Å². The summed E-state index contributed by atoms with van der Waals surface area (Å²) < 4.78 is 5.75. The molecule has 0 radical (unpaired) electrons. The molecule has 3 nitrogen and oxygen atoms in total. The van der Waals surface area contributed by atoms with Crippen LogP contribution in [0.5, 0.6) is 0 Å². The monoisotopic (exact) mass is 244 g/mol. The zero-order chi connectivity index (χ0) is 13.1. The molecule has 3 heteroatoms. The molecule has 0 aliphatic carbocycles. The number of hydrogen-bond donors (Lipinski definition) is 1. The van der Waals surface area contributed by atoms with Gasteiger partial charge in [0, 0.05) is 19.1 Å². The molecule has 1 atom stereocenters. The lowest BCUT2D eigenvalue weighted by Gasteiger charge is -2.32. The first-order chi connectivity index (χ1) is 8.22. The fourth-order valence-electron chi connectivity index (χ4n) is 2.01. The maximum Gasteiger partial charge on any atom is 0.0714 e. The Balaban J connectivity index is 0.00000121. The van der Waals surface area contributed by atoms with Gasteiger partial charge in [0.15, 0.2) is 0 Å². The molecule has 0 aromatic carbocycles. The second kappa shape index (κ2) is 11.0. The van der Waals surface area contributed by atoms with Gasteiger partial charge in [-0.05, 0) is 25.9 Å². The van der Waals surface area contributed by atoms with Crippen LogP contribution >= 0.6 is 0 Å². The van der Waals surface area contributed by atoms with Crippen LogP contribution in [-0.2, 0) is 4.74 Å². The Bertz CT molecular complexity index is 160. The highest BCUT2D eigenvalue weighted by molar-refractivity contribution is 4.72. The van der Waals surface area contributed by atoms with Crippen molar-refractivity contribution < 1.29 is 4.74 Å². The number of hydrogen-bond acceptors (Lipinski definition) is 3. The van der Waals surface area contributed by atoms with Crippen LogP contribution in [0, 0.1) is 0 Å². The molecule has 1 aliphatic rings. The minimum Gasteiger partial charge on any atom is -0.376 e. The van der Waals surface area contributed by atoms with E-state index in [2.05, 4.69) is 31.0 Å². The SMILES string of the molecule is CC.CCCN1CCOC(CCNC(C)C)C1. The van der Waals surface area contributed by atoms with Gasteiger partial charge in [-0.15, -0.1) is 0 Å². The number of ether oxygens (including phenoxy) is 1. The van der Waals surface area contributed by atoms with E-state index in [1.54, 1.807) is 0 Å². The molecule has 1 N–H and O–H groups in total. The van der Waals surface area contributed by atoms with E-state index in [0.29, 0.717) is 12.1 Å². The van der Waals surface area contributed by atoms with Crippen molar-refractivity contribution >= 4 is 0 Å². The normalized spacial score (nSPS) is 21.2. The Morgan fingerprint density at radius 3 is 2.65 bits per heavy atom. The Hall–Kier alpha value is -0.120. The van der Waals surface area contributed by atoms with Gasteiger partial charge >= 0.3 is 0 Å². The quantitative estimate of drug-likeness (QED) is 0.777. The Kier molecular flexibility index (Phi) is 10.9. The van der Waals surface area contributed by atoms with Gasteiger partial charge in [0.25, 0.3) is 0 Å². The lowest BCUT2D eigenvalue weighted by molar-refractivity contribution is -0.0315. The van der Waals surface area contributed by atoms with Gasteiger partial charge in [-0.1, -0.05) is 34.6 Å². The average molecular weight is 244 g/mol. The largest absolute Gasteiger partial charge is 0.376 e. The standard InChI is InChI=1S/C12H26N2O.C2H6/c1-4-7-14-8-9-15-12(10-14)5-6-13-11(2)3;1-2/h11-13H,4-10H2,1-3H3;1-2H3. The molecule has 1 aliphatic heterocycles. The summed E-state index contributed by atoms with van der Waals surface area (Å²) in [5.74, 6) is 0. The summed E-state index contributed by atoms with van der Waals surface area (Å²) in [4.78, 5) is 2.52. The molecule has 0 aromatic heterocycles. The number of morpholine rings is 1. The first kappa shape index (κ1) is 16.9. The van der Waals surface area contributed by atoms with E-state index >= 15 is 0 Å². The van der Waals surface area contributed by atoms with E-state index in [9.17, 15) is 0 Å². The fraction of sp³-hybridized carbons (Fsp3) is 1.00. The van der Waals surface area contributed by atoms with Crippen molar-refractivity contribution in [2.24, 2.45) is 0 Å². The van der Waals surface area contributed by atoms with E-state index in [0.717, 1.165) is 32.7 Å². The Morgan fingerprint density at radius 1 is 1.35 bits per heavy atom. The molecule has 1 unspecified atom stereocenters. The van der Waals surface area contributed by atoms with Gasteiger partial charge in [-0.3, -0.25) is 4.90 Å². The van der Waals surface area contributed by atoms with E-state index in [-0.39, 0.29) is 0 Å². The Labute approximate surface area is 108 Å². The number of rotatable bonds is 6. The third kappa shape index (κ3) is 8.58. The summed E-state index contributed by atoms with van der Waals surface area (Å²) in [5.41, 5.74) is 0. The summed E-state index contributed by atoms with van der Waals surface area (Å²) in [7, 11) is 0. The van der Waals surface area contributed by atoms with E-state index in [1.165, 1.54) is 13.0 Å². The molecule has 0 amide bonds. The molecular formula is C14H32N2O. The van der Waals surface area contributed by atoms with Gasteiger partial charge in [0.05, 0.1) is 12.7 Å². The van der Waals surface area contributed by atoms with Crippen molar-refractivity contribution in [3.63, 3.8) is 0 Å². The fourth-order valence-corrected chi connectivity index (χ4v) is 2.01. The van der Waals surface area contributed by atoms with E-state index in [1.807, 2.05) is 13.8 Å². The minimum atomic E-state index is 0.441. The molecular weight excluding hydrogens is 212 g/mol. The van der Waals surface area contributed by atoms with Crippen molar-refractivity contribution in [1.29, 1.82) is 0 Å². The summed E-state index contributed by atoms with van der Waals surface area (Å²) in [5, 5.41) is 3.44. The van der Waals surface area contributed by atoms with Gasteiger partial charge in [0.1, 0.15) is 0 Å². The third-order valence-corrected chi connectivity index (χ3v) is 2.78. The molecule has 0 spiro atoms. The van der Waals surface area contributed by atoms with E-state index in [4.69, 9.17) is 4.74 Å². The van der Waals surface area contributed by atoms with E-state index < -0.39 is 0 Å². The summed E-state index contributed by atoms with van der Waals surface area (Å²) >= 11 is 0. The number of nitrogens with zero attached hydrogens (tertiary/aromatic N) is 1. The summed E-state index contributed by atoms with van der Waals surface area (Å²) in [6.07, 6.45) is 2.83. The van der Waals surface area contributed by atoms with Gasteiger partial charge in [0.2, 0.25) is 0 Å². The van der Waals surface area contributed by atoms with Crippen molar-refractivity contribution in [2.75, 3.05) is 32.8 Å². The predicted octanol–water partition coefficient (Wildman–Crippen LogP) is 2.51. The molecule has 0 saturated carbocycles. The molecule has 0 bridgehead atoms. The first-order valence-electron chi connectivity index (χ1n) is 7.29. The maximum absolute atomic E-state index is 5.75. The molecule has 1 heterocycles. The van der Waals surface area contributed by atoms with Crippen molar-refractivity contribution in [2.45, 2.75) is 59.6 Å². The summed E-state index contributed by atoms with van der Waals surface area (Å²) in [6, 6.07) is 0.584. The first-order valence-corrected chi connectivity index (χ1v) is 7.29. The summed E-state index contributed by atoms with van der Waals surface area (Å²) in [6.45, 7) is 16.0. The zero-order valence-corrected chi connectivity index (χ0v) is 12.5.